The number of pyridine rings is 1. The van der Waals surface area contributed by atoms with Crippen LogP contribution < -0.4 is 15.4 Å². The molecular weight excluding hydrogens is 547 g/mol. The van der Waals surface area contributed by atoms with Crippen molar-refractivity contribution in [1.82, 2.24) is 20.2 Å². The number of rotatable bonds is 7. The number of aromatic hydroxyl groups is 1. The van der Waals surface area contributed by atoms with E-state index >= 15 is 0 Å². The van der Waals surface area contributed by atoms with Gasteiger partial charge in [-0.15, -0.1) is 0 Å². The lowest BCUT2D eigenvalue weighted by molar-refractivity contribution is -0.124. The number of para-hydroxylation sites is 1. The molecule has 9 heteroatoms. The second-order valence-corrected chi connectivity index (χ2v) is 10.5. The van der Waals surface area contributed by atoms with Gasteiger partial charge >= 0.3 is 6.03 Å². The minimum Gasteiger partial charge on any atom is -0.494 e. The summed E-state index contributed by atoms with van der Waals surface area (Å²) < 4.78 is 21.4. The molecule has 212 valence electrons. The Morgan fingerprint density at radius 2 is 1.65 bits per heavy atom. The second-order valence-electron chi connectivity index (χ2n) is 10.5. The van der Waals surface area contributed by atoms with Crippen LogP contribution in [0.3, 0.4) is 0 Å². The third-order valence-corrected chi connectivity index (χ3v) is 7.78. The molecule has 0 bridgehead atoms. The summed E-state index contributed by atoms with van der Waals surface area (Å²) in [7, 11) is 0. The maximum absolute atomic E-state index is 13.6. The number of benzene rings is 4. The van der Waals surface area contributed by atoms with Gasteiger partial charge in [-0.05, 0) is 48.0 Å². The van der Waals surface area contributed by atoms with Gasteiger partial charge < -0.3 is 19.7 Å². The molecule has 0 spiro atoms. The highest BCUT2D eigenvalue weighted by Gasteiger charge is 2.48. The van der Waals surface area contributed by atoms with Crippen LogP contribution in [0.4, 0.5) is 9.18 Å². The van der Waals surface area contributed by atoms with Gasteiger partial charge in [0.2, 0.25) is 0 Å². The average molecular weight is 573 g/mol. The molecule has 43 heavy (non-hydrogen) atoms. The fourth-order valence-corrected chi connectivity index (χ4v) is 5.62. The molecule has 3 amide bonds. The standard InChI is InChI=1S/C34H25FN4O4/c35-25-12-10-24(11-13-25)34(32(41)37-33(42)38-34)20-39-18-22-16-26(14-15-28(22)31(39)40)43-19-23-17-30(21-6-2-1-3-7-21)36-29-9-5-4-8-27(23)29/h1-18,40H,19-20H2,(H2,37,38,41,42). The summed E-state index contributed by atoms with van der Waals surface area (Å²) in [4.78, 5) is 30.0. The quantitative estimate of drug-likeness (QED) is 0.203. The Morgan fingerprint density at radius 3 is 2.42 bits per heavy atom. The molecule has 1 saturated heterocycles. The van der Waals surface area contributed by atoms with Crippen molar-refractivity contribution in [3.05, 3.63) is 126 Å². The molecule has 4 aromatic carbocycles. The predicted octanol–water partition coefficient (Wildman–Crippen LogP) is 6.02. The number of carbonyl (C=O) groups excluding carboxylic acids is 2. The fourth-order valence-electron chi connectivity index (χ4n) is 5.62. The topological polar surface area (TPSA) is 105 Å². The first-order valence-corrected chi connectivity index (χ1v) is 13.7. The summed E-state index contributed by atoms with van der Waals surface area (Å²) in [5.74, 6) is -0.553. The number of amides is 3. The molecule has 3 N–H and O–H groups in total. The van der Waals surface area contributed by atoms with Crippen molar-refractivity contribution < 1.29 is 23.8 Å². The van der Waals surface area contributed by atoms with Gasteiger partial charge in [0.05, 0.1) is 17.8 Å². The van der Waals surface area contributed by atoms with E-state index < -0.39 is 23.3 Å². The monoisotopic (exact) mass is 572 g/mol. The molecule has 6 aromatic rings. The van der Waals surface area contributed by atoms with Crippen LogP contribution in [0.5, 0.6) is 11.6 Å². The molecule has 0 saturated carbocycles. The maximum Gasteiger partial charge on any atom is 0.322 e. The number of nitrogens with zero attached hydrogens (tertiary/aromatic N) is 2. The summed E-state index contributed by atoms with van der Waals surface area (Å²) in [5, 5.41) is 18.2. The van der Waals surface area contributed by atoms with Crippen molar-refractivity contribution >= 4 is 33.6 Å². The molecule has 1 aliphatic rings. The number of carbonyl (C=O) groups is 2. The molecule has 1 unspecified atom stereocenters. The molecule has 1 fully saturated rings. The third-order valence-electron chi connectivity index (χ3n) is 7.78. The highest BCUT2D eigenvalue weighted by atomic mass is 19.1. The van der Waals surface area contributed by atoms with Crippen molar-refractivity contribution in [2.24, 2.45) is 0 Å². The van der Waals surface area contributed by atoms with Crippen molar-refractivity contribution in [2.45, 2.75) is 18.7 Å². The van der Waals surface area contributed by atoms with Crippen molar-refractivity contribution in [3.63, 3.8) is 0 Å². The van der Waals surface area contributed by atoms with E-state index in [0.29, 0.717) is 28.7 Å². The van der Waals surface area contributed by atoms with Crippen molar-refractivity contribution in [2.75, 3.05) is 0 Å². The van der Waals surface area contributed by atoms with Gasteiger partial charge in [0.25, 0.3) is 5.91 Å². The van der Waals surface area contributed by atoms with E-state index in [-0.39, 0.29) is 12.4 Å². The van der Waals surface area contributed by atoms with Crippen LogP contribution in [0.1, 0.15) is 11.1 Å². The van der Waals surface area contributed by atoms with Crippen LogP contribution in [0.15, 0.2) is 109 Å². The van der Waals surface area contributed by atoms with Crippen LogP contribution >= 0.6 is 0 Å². The van der Waals surface area contributed by atoms with Crippen LogP contribution in [-0.4, -0.2) is 26.6 Å². The molecule has 0 aliphatic carbocycles. The molecule has 7 rings (SSSR count). The summed E-state index contributed by atoms with van der Waals surface area (Å²) in [5.41, 5.74) is 2.58. The minimum atomic E-state index is -1.53. The van der Waals surface area contributed by atoms with Gasteiger partial charge in [-0.3, -0.25) is 10.1 Å². The molecule has 2 aromatic heterocycles. The highest BCUT2D eigenvalue weighted by molar-refractivity contribution is 6.07. The van der Waals surface area contributed by atoms with Crippen molar-refractivity contribution in [3.8, 4) is 22.9 Å². The second kappa shape index (κ2) is 10.3. The van der Waals surface area contributed by atoms with E-state index in [1.807, 2.05) is 66.7 Å². The van der Waals surface area contributed by atoms with E-state index in [2.05, 4.69) is 10.6 Å². The molecule has 0 radical (unpaired) electrons. The number of aromatic nitrogens is 2. The Balaban J connectivity index is 1.19. The lowest BCUT2D eigenvalue weighted by Gasteiger charge is -2.27. The normalized spacial score (nSPS) is 16.4. The number of ether oxygens (including phenoxy) is 1. The Morgan fingerprint density at radius 1 is 0.884 bits per heavy atom. The van der Waals surface area contributed by atoms with Gasteiger partial charge in [-0.2, -0.15) is 0 Å². The van der Waals surface area contributed by atoms with Crippen LogP contribution in [0.25, 0.3) is 32.9 Å². The molecule has 8 nitrogen and oxygen atoms in total. The molecule has 3 heterocycles. The number of imide groups is 1. The number of hydrogen-bond donors (Lipinski definition) is 3. The lowest BCUT2D eigenvalue weighted by atomic mass is 9.89. The summed E-state index contributed by atoms with van der Waals surface area (Å²) in [6.07, 6.45) is 1.69. The maximum atomic E-state index is 13.6. The Kier molecular flexibility index (Phi) is 6.27. The Bertz CT molecular complexity index is 2020. The third kappa shape index (κ3) is 4.70. The zero-order chi connectivity index (χ0) is 29.6. The molecule has 1 atom stereocenters. The number of urea groups is 1. The van der Waals surface area contributed by atoms with Crippen molar-refractivity contribution in [1.29, 1.82) is 0 Å². The zero-order valence-electron chi connectivity index (χ0n) is 22.8. The van der Waals surface area contributed by atoms with Crippen LogP contribution in [-0.2, 0) is 23.5 Å². The van der Waals surface area contributed by atoms with E-state index in [0.717, 1.165) is 27.7 Å². The van der Waals surface area contributed by atoms with Gasteiger partial charge in [0.1, 0.15) is 18.2 Å². The minimum absolute atomic E-state index is 0.0791. The van der Waals surface area contributed by atoms with Gasteiger partial charge in [0.15, 0.2) is 11.4 Å². The van der Waals surface area contributed by atoms with E-state index in [1.165, 1.54) is 28.8 Å². The summed E-state index contributed by atoms with van der Waals surface area (Å²) in [6.45, 7) is 0.180. The Hall–Kier alpha value is -5.70. The first-order chi connectivity index (χ1) is 20.9. The highest BCUT2D eigenvalue weighted by Crippen LogP contribution is 2.35. The van der Waals surface area contributed by atoms with E-state index in [4.69, 9.17) is 9.72 Å². The summed E-state index contributed by atoms with van der Waals surface area (Å²) in [6, 6.07) is 29.9. The predicted molar refractivity (Wildman–Crippen MR) is 160 cm³/mol. The molecule has 1 aliphatic heterocycles. The number of halogens is 1. The summed E-state index contributed by atoms with van der Waals surface area (Å²) >= 11 is 0. The van der Waals surface area contributed by atoms with Gasteiger partial charge in [0, 0.05) is 33.5 Å². The van der Waals surface area contributed by atoms with Gasteiger partial charge in [-0.1, -0.05) is 60.7 Å². The van der Waals surface area contributed by atoms with E-state index in [9.17, 15) is 19.1 Å². The van der Waals surface area contributed by atoms with Crippen LogP contribution in [0.2, 0.25) is 0 Å². The average Bonchev–Trinajstić information content (AvgIpc) is 3.49. The zero-order valence-corrected chi connectivity index (χ0v) is 22.8. The SMILES string of the molecule is O=C1NC(=O)C(Cn2cc3cc(OCc4cc(-c5ccccc5)nc5ccccc45)ccc3c2O)(c2ccc(F)cc2)N1. The first kappa shape index (κ1) is 26.2. The lowest BCUT2D eigenvalue weighted by Crippen LogP contribution is -2.47. The fraction of sp³-hybridized carbons (Fsp3) is 0.0882. The van der Waals surface area contributed by atoms with Gasteiger partial charge in [-0.25, -0.2) is 14.2 Å². The number of hydrogen-bond acceptors (Lipinski definition) is 5. The van der Waals surface area contributed by atoms with Crippen LogP contribution in [0, 0.1) is 5.82 Å². The smallest absolute Gasteiger partial charge is 0.322 e. The number of nitrogens with one attached hydrogen (secondary N) is 2. The molecular formula is C34H25FN4O4. The largest absolute Gasteiger partial charge is 0.494 e. The Labute approximate surface area is 245 Å². The van der Waals surface area contributed by atoms with E-state index in [1.54, 1.807) is 18.3 Å². The first-order valence-electron chi connectivity index (χ1n) is 13.7. The number of fused-ring (bicyclic) bond motifs is 2.